The lowest BCUT2D eigenvalue weighted by Gasteiger charge is -2.16. The van der Waals surface area contributed by atoms with Crippen molar-refractivity contribution in [1.82, 2.24) is 14.5 Å². The number of anilines is 1. The Bertz CT molecular complexity index is 1890. The number of methoxy groups -OCH3 is 1. The fourth-order valence-electron chi connectivity index (χ4n) is 4.37. The monoisotopic (exact) mass is 578 g/mol. The Kier molecular flexibility index (Phi) is 7.87. The molecule has 5 rings (SSSR count). The maximum atomic E-state index is 15.1. The summed E-state index contributed by atoms with van der Waals surface area (Å²) in [7, 11) is 1.49. The number of carbonyl (C=O) groups is 1. The molecule has 0 spiro atoms. The molecule has 5 aromatic rings. The van der Waals surface area contributed by atoms with E-state index in [9.17, 15) is 22.8 Å². The van der Waals surface area contributed by atoms with Gasteiger partial charge in [-0.2, -0.15) is 0 Å². The van der Waals surface area contributed by atoms with E-state index < -0.39 is 35.5 Å². The minimum absolute atomic E-state index is 0.00127. The van der Waals surface area contributed by atoms with Crippen LogP contribution >= 0.6 is 0 Å². The number of rotatable bonds is 8. The summed E-state index contributed by atoms with van der Waals surface area (Å²) in [5.74, 6) is -3.48. The number of pyridine rings is 3. The maximum absolute atomic E-state index is 15.1. The summed E-state index contributed by atoms with van der Waals surface area (Å²) in [5, 5.41) is 2.47. The van der Waals surface area contributed by atoms with Gasteiger partial charge in [0.05, 0.1) is 25.4 Å². The number of ether oxygens (including phenoxy) is 2. The van der Waals surface area contributed by atoms with Gasteiger partial charge >= 0.3 is 0 Å². The number of fused-ring (bicyclic) bond motifs is 1. The van der Waals surface area contributed by atoms with Crippen molar-refractivity contribution >= 4 is 22.6 Å². The van der Waals surface area contributed by atoms with Crippen LogP contribution in [0.25, 0.3) is 22.2 Å². The largest absolute Gasteiger partial charge is 0.495 e. The van der Waals surface area contributed by atoms with E-state index in [2.05, 4.69) is 15.3 Å². The van der Waals surface area contributed by atoms with Gasteiger partial charge in [0.15, 0.2) is 29.0 Å². The van der Waals surface area contributed by atoms with Crippen molar-refractivity contribution in [2.45, 2.75) is 13.5 Å². The van der Waals surface area contributed by atoms with Crippen molar-refractivity contribution in [2.75, 3.05) is 19.1 Å². The van der Waals surface area contributed by atoms with E-state index in [0.717, 1.165) is 18.2 Å². The molecule has 0 aliphatic rings. The van der Waals surface area contributed by atoms with Gasteiger partial charge < -0.3 is 19.4 Å². The predicted octanol–water partition coefficient (Wildman–Crippen LogP) is 6.21. The fraction of sp³-hybridized carbons (Fsp3) is 0.133. The topological polar surface area (TPSA) is 95.3 Å². The van der Waals surface area contributed by atoms with Crippen LogP contribution in [0.4, 0.5) is 23.2 Å². The van der Waals surface area contributed by atoms with Crippen LogP contribution in [-0.2, 0) is 6.54 Å². The second-order valence-electron chi connectivity index (χ2n) is 9.10. The molecule has 1 amide bonds. The summed E-state index contributed by atoms with van der Waals surface area (Å²) < 4.78 is 67.9. The van der Waals surface area contributed by atoms with E-state index in [-0.39, 0.29) is 46.1 Å². The van der Waals surface area contributed by atoms with Crippen LogP contribution in [-0.4, -0.2) is 34.2 Å². The zero-order valence-electron chi connectivity index (χ0n) is 22.3. The molecule has 0 saturated heterocycles. The zero-order chi connectivity index (χ0) is 30.0. The number of benzene rings is 2. The Morgan fingerprint density at radius 2 is 1.79 bits per heavy atom. The first-order valence-electron chi connectivity index (χ1n) is 12.5. The van der Waals surface area contributed by atoms with Gasteiger partial charge in [-0.05, 0) is 36.8 Å². The van der Waals surface area contributed by atoms with Crippen molar-refractivity contribution in [1.29, 1.82) is 0 Å². The Hall–Kier alpha value is -5.26. The number of nitrogens with zero attached hydrogens (tertiary/aromatic N) is 3. The van der Waals surface area contributed by atoms with E-state index in [1.54, 1.807) is 6.07 Å². The van der Waals surface area contributed by atoms with E-state index >= 15 is 4.39 Å². The normalized spacial score (nSPS) is 11.0. The van der Waals surface area contributed by atoms with E-state index in [4.69, 9.17) is 9.47 Å². The standard InChI is InChI=1S/C30H22F4N4O4/c1-16-27(29(39)20(15-38(16)10-8-31)17-3-5-21(32)22(33)11-17)30(40)37-18-4-6-25(23(34)12-18)42-26-7-9-35-24-13-19(41-2)14-36-28(24)26/h3-7,9,11-15H,8,10H2,1-2H3,(H,37,40). The first-order valence-corrected chi connectivity index (χ1v) is 12.5. The Morgan fingerprint density at radius 3 is 2.50 bits per heavy atom. The molecule has 0 bridgehead atoms. The van der Waals surface area contributed by atoms with Crippen molar-refractivity contribution < 1.29 is 31.8 Å². The van der Waals surface area contributed by atoms with Crippen LogP contribution in [0.2, 0.25) is 0 Å². The highest BCUT2D eigenvalue weighted by Gasteiger charge is 2.22. The molecular formula is C30H22F4N4O4. The molecule has 8 nitrogen and oxygen atoms in total. The molecular weight excluding hydrogens is 556 g/mol. The second-order valence-corrected chi connectivity index (χ2v) is 9.10. The number of hydrogen-bond donors (Lipinski definition) is 1. The number of amides is 1. The molecule has 42 heavy (non-hydrogen) atoms. The summed E-state index contributed by atoms with van der Waals surface area (Å²) in [6.07, 6.45) is 4.22. The van der Waals surface area contributed by atoms with Crippen LogP contribution in [0.1, 0.15) is 16.1 Å². The molecule has 2 aromatic carbocycles. The molecule has 12 heteroatoms. The molecule has 0 fully saturated rings. The Balaban J connectivity index is 1.45. The number of aromatic nitrogens is 3. The first kappa shape index (κ1) is 28.3. The maximum Gasteiger partial charge on any atom is 0.261 e. The molecule has 0 aliphatic heterocycles. The van der Waals surface area contributed by atoms with Crippen LogP contribution in [0.5, 0.6) is 17.2 Å². The highest BCUT2D eigenvalue weighted by Crippen LogP contribution is 2.31. The van der Waals surface area contributed by atoms with Gasteiger partial charge in [0.25, 0.3) is 5.91 Å². The lowest BCUT2D eigenvalue weighted by Crippen LogP contribution is -2.27. The predicted molar refractivity (Wildman–Crippen MR) is 147 cm³/mol. The fourth-order valence-corrected chi connectivity index (χ4v) is 4.37. The third-order valence-electron chi connectivity index (χ3n) is 6.49. The number of halogens is 4. The molecule has 0 saturated carbocycles. The van der Waals surface area contributed by atoms with Crippen molar-refractivity contribution in [3.63, 3.8) is 0 Å². The first-order chi connectivity index (χ1) is 20.2. The number of aryl methyl sites for hydroxylation is 1. The molecule has 3 aromatic heterocycles. The van der Waals surface area contributed by atoms with Gasteiger partial charge in [-0.15, -0.1) is 0 Å². The Labute approximate surface area is 236 Å². The Morgan fingerprint density at radius 1 is 0.976 bits per heavy atom. The van der Waals surface area contributed by atoms with Crippen LogP contribution in [0.15, 0.2) is 71.9 Å². The molecule has 0 radical (unpaired) electrons. The van der Waals surface area contributed by atoms with Gasteiger partial charge in [-0.3, -0.25) is 14.6 Å². The molecule has 3 heterocycles. The molecule has 0 atom stereocenters. The summed E-state index contributed by atoms with van der Waals surface area (Å²) in [6.45, 7) is 0.431. The minimum atomic E-state index is -1.19. The van der Waals surface area contributed by atoms with Crippen LogP contribution in [0.3, 0.4) is 0 Å². The number of alkyl halides is 1. The van der Waals surface area contributed by atoms with Crippen molar-refractivity contribution in [3.05, 3.63) is 106 Å². The third kappa shape index (κ3) is 5.51. The summed E-state index contributed by atoms with van der Waals surface area (Å²) >= 11 is 0. The lowest BCUT2D eigenvalue weighted by atomic mass is 10.0. The number of hydrogen-bond acceptors (Lipinski definition) is 6. The molecule has 0 aliphatic carbocycles. The average molecular weight is 579 g/mol. The zero-order valence-corrected chi connectivity index (χ0v) is 22.3. The number of carbonyl (C=O) groups excluding carboxylic acids is 1. The van der Waals surface area contributed by atoms with E-state index in [1.807, 2.05) is 0 Å². The summed E-state index contributed by atoms with van der Waals surface area (Å²) in [4.78, 5) is 35.1. The third-order valence-corrected chi connectivity index (χ3v) is 6.49. The van der Waals surface area contributed by atoms with Gasteiger partial charge in [0.2, 0.25) is 5.43 Å². The molecule has 1 N–H and O–H groups in total. The van der Waals surface area contributed by atoms with Crippen molar-refractivity contribution in [2.24, 2.45) is 0 Å². The highest BCUT2D eigenvalue weighted by atomic mass is 19.2. The van der Waals surface area contributed by atoms with E-state index in [0.29, 0.717) is 16.8 Å². The van der Waals surface area contributed by atoms with Gasteiger partial charge in [-0.25, -0.2) is 22.5 Å². The SMILES string of the molecule is COc1cnc2c(Oc3ccc(NC(=O)c4c(C)n(CCF)cc(-c5ccc(F)c(F)c5)c4=O)cc3F)ccnc2c1. The van der Waals surface area contributed by atoms with Gasteiger partial charge in [0, 0.05) is 47.5 Å². The number of nitrogens with one attached hydrogen (secondary N) is 1. The summed E-state index contributed by atoms with van der Waals surface area (Å²) in [6, 6.07) is 9.65. The van der Waals surface area contributed by atoms with Crippen molar-refractivity contribution in [3.8, 4) is 28.4 Å². The lowest BCUT2D eigenvalue weighted by molar-refractivity contribution is 0.102. The van der Waals surface area contributed by atoms with Gasteiger partial charge in [-0.1, -0.05) is 6.07 Å². The van der Waals surface area contributed by atoms with E-state index in [1.165, 1.54) is 61.5 Å². The molecule has 214 valence electrons. The summed E-state index contributed by atoms with van der Waals surface area (Å²) in [5.41, 5.74) is -0.312. The van der Waals surface area contributed by atoms with Gasteiger partial charge in [0.1, 0.15) is 23.5 Å². The molecule has 0 unspecified atom stereocenters. The quantitative estimate of drug-likeness (QED) is 0.220. The second kappa shape index (κ2) is 11.7. The highest BCUT2D eigenvalue weighted by molar-refractivity contribution is 6.05. The minimum Gasteiger partial charge on any atom is -0.495 e. The van der Waals surface area contributed by atoms with Crippen LogP contribution in [0, 0.1) is 24.4 Å². The average Bonchev–Trinajstić information content (AvgIpc) is 2.97. The smallest absolute Gasteiger partial charge is 0.261 e. The van der Waals surface area contributed by atoms with Crippen LogP contribution < -0.4 is 20.2 Å².